The molecule has 3 N–H and O–H groups in total. The molecule has 7 rings (SSSR count). The van der Waals surface area contributed by atoms with Gasteiger partial charge >= 0.3 is 0 Å². The Bertz CT molecular complexity index is 1840. The SMILES string of the molecule is Cc1cc(Oc2c(F)cccc2F)ncc1-n1ncc(C(=O)c2cc3cc4c(cc3[nH]2)CCN(C2CCOCC2)C4)c1N. The maximum Gasteiger partial charge on any atom is 0.219 e. The predicted octanol–water partition coefficient (Wildman–Crippen LogP) is 5.48. The van der Waals surface area contributed by atoms with Crippen LogP contribution in [0.25, 0.3) is 16.6 Å². The number of rotatable bonds is 6. The van der Waals surface area contributed by atoms with Gasteiger partial charge in [-0.2, -0.15) is 5.10 Å². The van der Waals surface area contributed by atoms with E-state index in [-0.39, 0.29) is 23.0 Å². The Kier molecular flexibility index (Phi) is 6.91. The van der Waals surface area contributed by atoms with Gasteiger partial charge in [0.15, 0.2) is 11.6 Å². The van der Waals surface area contributed by atoms with E-state index in [4.69, 9.17) is 15.2 Å². The third-order valence-electron chi connectivity index (χ3n) is 8.40. The smallest absolute Gasteiger partial charge is 0.219 e. The maximum absolute atomic E-state index is 14.0. The lowest BCUT2D eigenvalue weighted by molar-refractivity contribution is 0.0291. The number of anilines is 1. The molecule has 2 aromatic carbocycles. The summed E-state index contributed by atoms with van der Waals surface area (Å²) in [6, 6.07) is 11.7. The molecule has 9 nitrogen and oxygen atoms in total. The topological polar surface area (TPSA) is 111 Å². The number of aromatic nitrogens is 4. The number of carbonyl (C=O) groups excluding carboxylic acids is 1. The number of nitrogens with two attached hydrogens (primary N) is 1. The standard InChI is InChI=1S/C32H30F2N6O3/c1-18-11-29(43-31-24(33)3-2-4-25(31)34)36-16-28(18)40-32(35)23(15-37-40)30(41)27-14-20-12-21-17-39(22-6-9-42-10-7-22)8-5-19(21)13-26(20)38-27/h2-4,11-16,22,38H,5-10,17,35H2,1H3. The molecule has 1 saturated heterocycles. The van der Waals surface area contributed by atoms with Crippen molar-refractivity contribution in [3.05, 3.63) is 94.4 Å². The third-order valence-corrected chi connectivity index (χ3v) is 8.40. The first-order chi connectivity index (χ1) is 20.9. The Morgan fingerprint density at radius 3 is 2.65 bits per heavy atom. The fourth-order valence-electron chi connectivity index (χ4n) is 6.05. The lowest BCUT2D eigenvalue weighted by Gasteiger charge is -2.37. The molecule has 43 heavy (non-hydrogen) atoms. The van der Waals surface area contributed by atoms with Crippen LogP contribution in [0.5, 0.6) is 11.6 Å². The Balaban J connectivity index is 1.12. The van der Waals surface area contributed by atoms with Crippen molar-refractivity contribution >= 4 is 22.5 Å². The first-order valence-electron chi connectivity index (χ1n) is 14.3. The van der Waals surface area contributed by atoms with Crippen LogP contribution >= 0.6 is 0 Å². The second kappa shape index (κ2) is 10.9. The minimum atomic E-state index is -0.836. The van der Waals surface area contributed by atoms with Crippen LogP contribution in [0.15, 0.2) is 54.9 Å². The molecule has 0 radical (unpaired) electrons. The van der Waals surface area contributed by atoms with Gasteiger partial charge in [0.05, 0.1) is 29.3 Å². The molecule has 3 aromatic heterocycles. The van der Waals surface area contributed by atoms with Crippen molar-refractivity contribution in [2.24, 2.45) is 0 Å². The van der Waals surface area contributed by atoms with Gasteiger partial charge in [-0.25, -0.2) is 18.4 Å². The number of hydrogen-bond acceptors (Lipinski definition) is 7. The van der Waals surface area contributed by atoms with Gasteiger partial charge in [-0.1, -0.05) is 6.07 Å². The van der Waals surface area contributed by atoms with E-state index in [1.165, 1.54) is 40.3 Å². The number of nitrogen functional groups attached to an aromatic ring is 1. The van der Waals surface area contributed by atoms with Gasteiger partial charge in [0, 0.05) is 49.3 Å². The number of nitrogens with zero attached hydrogens (tertiary/aromatic N) is 4. The summed E-state index contributed by atoms with van der Waals surface area (Å²) in [5, 5.41) is 5.32. The number of benzene rings is 2. The molecular weight excluding hydrogens is 554 g/mol. The molecule has 1 fully saturated rings. The second-order valence-corrected chi connectivity index (χ2v) is 11.1. The van der Waals surface area contributed by atoms with Gasteiger partial charge in [-0.3, -0.25) is 9.69 Å². The number of halogens is 2. The molecule has 0 aliphatic carbocycles. The largest absolute Gasteiger partial charge is 0.433 e. The zero-order valence-corrected chi connectivity index (χ0v) is 23.6. The number of nitrogens with one attached hydrogen (secondary N) is 1. The molecule has 0 saturated carbocycles. The molecule has 0 spiro atoms. The van der Waals surface area contributed by atoms with Crippen LogP contribution in [0.3, 0.4) is 0 Å². The van der Waals surface area contributed by atoms with Crippen molar-refractivity contribution in [1.82, 2.24) is 24.6 Å². The molecule has 5 heterocycles. The summed E-state index contributed by atoms with van der Waals surface area (Å²) in [6.07, 6.45) is 5.96. The fraction of sp³-hybridized carbons (Fsp3) is 0.281. The number of ether oxygens (including phenoxy) is 2. The number of para-hydroxylation sites is 1. The van der Waals surface area contributed by atoms with E-state index >= 15 is 0 Å². The van der Waals surface area contributed by atoms with E-state index in [0.29, 0.717) is 23.0 Å². The summed E-state index contributed by atoms with van der Waals surface area (Å²) < 4.78 is 40.4. The Morgan fingerprint density at radius 1 is 1.09 bits per heavy atom. The lowest BCUT2D eigenvalue weighted by Crippen LogP contribution is -2.42. The highest BCUT2D eigenvalue weighted by Crippen LogP contribution is 2.31. The zero-order chi connectivity index (χ0) is 29.7. The number of H-pyrrole nitrogens is 1. The normalized spacial score (nSPS) is 16.0. The lowest BCUT2D eigenvalue weighted by atomic mass is 9.95. The summed E-state index contributed by atoms with van der Waals surface area (Å²) >= 11 is 0. The summed E-state index contributed by atoms with van der Waals surface area (Å²) in [4.78, 5) is 23.6. The number of pyridine rings is 1. The molecule has 2 aliphatic rings. The minimum Gasteiger partial charge on any atom is -0.433 e. The van der Waals surface area contributed by atoms with E-state index in [1.54, 1.807) is 6.92 Å². The van der Waals surface area contributed by atoms with E-state index in [1.807, 2.05) is 6.07 Å². The molecule has 0 unspecified atom stereocenters. The van der Waals surface area contributed by atoms with Crippen molar-refractivity contribution in [3.8, 4) is 17.3 Å². The quantitative estimate of drug-likeness (QED) is 0.254. The zero-order valence-electron chi connectivity index (χ0n) is 23.6. The first kappa shape index (κ1) is 27.2. The van der Waals surface area contributed by atoms with Crippen LogP contribution < -0.4 is 10.5 Å². The number of fused-ring (bicyclic) bond motifs is 2. The van der Waals surface area contributed by atoms with Crippen LogP contribution in [0.1, 0.15) is 45.6 Å². The highest BCUT2D eigenvalue weighted by Gasteiger charge is 2.27. The van der Waals surface area contributed by atoms with Crippen LogP contribution in [-0.4, -0.2) is 56.2 Å². The Labute approximate surface area is 246 Å². The fourth-order valence-corrected chi connectivity index (χ4v) is 6.05. The molecule has 0 amide bonds. The maximum atomic E-state index is 14.0. The number of carbonyl (C=O) groups is 1. The van der Waals surface area contributed by atoms with Crippen molar-refractivity contribution in [2.75, 3.05) is 25.5 Å². The first-order valence-corrected chi connectivity index (χ1v) is 14.3. The number of aryl methyl sites for hydroxylation is 1. The average molecular weight is 585 g/mol. The van der Waals surface area contributed by atoms with E-state index in [9.17, 15) is 13.6 Å². The molecule has 11 heteroatoms. The van der Waals surface area contributed by atoms with Gasteiger partial charge in [0.25, 0.3) is 0 Å². The highest BCUT2D eigenvalue weighted by molar-refractivity contribution is 6.12. The van der Waals surface area contributed by atoms with Crippen LogP contribution in [0, 0.1) is 18.6 Å². The number of hydrogen-bond donors (Lipinski definition) is 2. The monoisotopic (exact) mass is 584 g/mol. The van der Waals surface area contributed by atoms with Gasteiger partial charge in [0.1, 0.15) is 5.82 Å². The molecule has 220 valence electrons. The second-order valence-electron chi connectivity index (χ2n) is 11.1. The molecule has 5 aromatic rings. The minimum absolute atomic E-state index is 0.00364. The average Bonchev–Trinajstić information content (AvgIpc) is 3.60. The molecule has 0 atom stereocenters. The van der Waals surface area contributed by atoms with Gasteiger partial charge < -0.3 is 20.2 Å². The summed E-state index contributed by atoms with van der Waals surface area (Å²) in [5.74, 6) is -2.33. The van der Waals surface area contributed by atoms with Crippen molar-refractivity contribution in [2.45, 2.75) is 38.8 Å². The van der Waals surface area contributed by atoms with Gasteiger partial charge in [0.2, 0.25) is 17.4 Å². The Morgan fingerprint density at radius 2 is 1.88 bits per heavy atom. The predicted molar refractivity (Wildman–Crippen MR) is 157 cm³/mol. The summed E-state index contributed by atoms with van der Waals surface area (Å²) in [6.45, 7) is 5.32. The highest BCUT2D eigenvalue weighted by atomic mass is 19.1. The van der Waals surface area contributed by atoms with Crippen LogP contribution in [-0.2, 0) is 17.7 Å². The summed E-state index contributed by atoms with van der Waals surface area (Å²) in [5.41, 5.74) is 11.7. The summed E-state index contributed by atoms with van der Waals surface area (Å²) in [7, 11) is 0. The van der Waals surface area contributed by atoms with Crippen LogP contribution in [0.2, 0.25) is 0 Å². The van der Waals surface area contributed by atoms with Crippen molar-refractivity contribution < 1.29 is 23.0 Å². The molecular formula is C32H30F2N6O3. The van der Waals surface area contributed by atoms with E-state index in [2.05, 4.69) is 32.1 Å². The van der Waals surface area contributed by atoms with E-state index in [0.717, 1.165) is 68.6 Å². The number of ketones is 1. The van der Waals surface area contributed by atoms with E-state index < -0.39 is 17.4 Å². The van der Waals surface area contributed by atoms with Crippen LogP contribution in [0.4, 0.5) is 14.6 Å². The number of aromatic amines is 1. The van der Waals surface area contributed by atoms with Crippen molar-refractivity contribution in [3.63, 3.8) is 0 Å². The Hall–Kier alpha value is -4.61. The van der Waals surface area contributed by atoms with Gasteiger partial charge in [-0.15, -0.1) is 0 Å². The molecule has 2 aliphatic heterocycles. The molecule has 0 bridgehead atoms. The van der Waals surface area contributed by atoms with Crippen molar-refractivity contribution in [1.29, 1.82) is 0 Å². The van der Waals surface area contributed by atoms with Gasteiger partial charge in [-0.05, 0) is 73.2 Å². The third kappa shape index (κ3) is 5.04.